The van der Waals surface area contributed by atoms with Crippen LogP contribution in [0.3, 0.4) is 0 Å². The lowest BCUT2D eigenvalue weighted by Gasteiger charge is -2.31. The van der Waals surface area contributed by atoms with Gasteiger partial charge in [0.2, 0.25) is 5.89 Å². The molecule has 7 heteroatoms. The highest BCUT2D eigenvalue weighted by Crippen LogP contribution is 2.27. The van der Waals surface area contributed by atoms with Gasteiger partial charge in [-0.3, -0.25) is 4.90 Å². The van der Waals surface area contributed by atoms with Gasteiger partial charge in [-0.1, -0.05) is 23.4 Å². The zero-order chi connectivity index (χ0) is 16.1. The third kappa shape index (κ3) is 4.69. The molecule has 0 amide bonds. The first-order valence-electron chi connectivity index (χ1n) is 8.14. The van der Waals surface area contributed by atoms with Crippen molar-refractivity contribution in [1.29, 1.82) is 0 Å². The number of piperidine rings is 1. The molecule has 0 atom stereocenters. The largest absolute Gasteiger partial charge is 0.496 e. The maximum atomic E-state index is 5.49. The van der Waals surface area contributed by atoms with E-state index in [2.05, 4.69) is 27.2 Å². The third-order valence-corrected chi connectivity index (χ3v) is 4.46. The highest BCUT2D eigenvalue weighted by molar-refractivity contribution is 5.85. The summed E-state index contributed by atoms with van der Waals surface area (Å²) >= 11 is 0. The molecule has 1 aromatic carbocycles. The number of para-hydroxylation sites is 1. The van der Waals surface area contributed by atoms with Crippen molar-refractivity contribution in [2.24, 2.45) is 11.7 Å². The van der Waals surface area contributed by atoms with E-state index in [0.29, 0.717) is 18.4 Å². The summed E-state index contributed by atoms with van der Waals surface area (Å²) in [5.74, 6) is 2.93. The van der Waals surface area contributed by atoms with Crippen LogP contribution in [0, 0.1) is 5.92 Å². The average Bonchev–Trinajstić information content (AvgIpc) is 3.05. The van der Waals surface area contributed by atoms with E-state index in [9.17, 15) is 0 Å². The molecule has 1 aromatic heterocycles. The third-order valence-electron chi connectivity index (χ3n) is 4.46. The summed E-state index contributed by atoms with van der Waals surface area (Å²) in [6.45, 7) is 3.16. The monoisotopic (exact) mass is 352 g/mol. The maximum Gasteiger partial charge on any atom is 0.240 e. The fourth-order valence-electron chi connectivity index (χ4n) is 3.17. The van der Waals surface area contributed by atoms with E-state index in [4.69, 9.17) is 15.0 Å². The molecule has 6 nitrogen and oxygen atoms in total. The summed E-state index contributed by atoms with van der Waals surface area (Å²) in [5.41, 5.74) is 6.80. The first kappa shape index (κ1) is 18.7. The number of hydrogen-bond donors (Lipinski definition) is 1. The van der Waals surface area contributed by atoms with Gasteiger partial charge in [0.1, 0.15) is 5.75 Å². The molecule has 0 unspecified atom stereocenters. The van der Waals surface area contributed by atoms with Crippen molar-refractivity contribution >= 4 is 12.4 Å². The molecular formula is C17H25ClN4O2. The lowest BCUT2D eigenvalue weighted by molar-refractivity contribution is 0.171. The van der Waals surface area contributed by atoms with Crippen LogP contribution in [0.25, 0.3) is 0 Å². The Balaban J connectivity index is 0.00000208. The van der Waals surface area contributed by atoms with Crippen molar-refractivity contribution in [1.82, 2.24) is 15.0 Å². The molecule has 132 valence electrons. The van der Waals surface area contributed by atoms with E-state index in [1.807, 2.05) is 12.1 Å². The SMILES string of the molecule is COc1ccccc1CC1CCN(Cc2noc(CN)n2)CC1.Cl. The van der Waals surface area contributed by atoms with E-state index >= 15 is 0 Å². The highest BCUT2D eigenvalue weighted by atomic mass is 35.5. The molecular weight excluding hydrogens is 328 g/mol. The Labute approximate surface area is 148 Å². The minimum Gasteiger partial charge on any atom is -0.496 e. The van der Waals surface area contributed by atoms with E-state index in [1.54, 1.807) is 7.11 Å². The maximum absolute atomic E-state index is 5.49. The van der Waals surface area contributed by atoms with Crippen LogP contribution in [0.1, 0.15) is 30.1 Å². The standard InChI is InChI=1S/C17H24N4O2.ClH/c1-22-15-5-3-2-4-14(15)10-13-6-8-21(9-7-13)12-16-19-17(11-18)23-20-16;/h2-5,13H,6-12,18H2,1H3;1H. The minimum atomic E-state index is 0. The second-order valence-electron chi connectivity index (χ2n) is 6.04. The van der Waals surface area contributed by atoms with Crippen LogP contribution < -0.4 is 10.5 Å². The molecule has 3 rings (SSSR count). The number of hydrogen-bond acceptors (Lipinski definition) is 6. The Morgan fingerprint density at radius 1 is 1.29 bits per heavy atom. The highest BCUT2D eigenvalue weighted by Gasteiger charge is 2.21. The van der Waals surface area contributed by atoms with E-state index in [0.717, 1.165) is 37.6 Å². The number of methoxy groups -OCH3 is 1. The molecule has 1 aliphatic rings. The molecule has 1 aliphatic heterocycles. The van der Waals surface area contributed by atoms with Gasteiger partial charge in [-0.25, -0.2) is 0 Å². The first-order valence-corrected chi connectivity index (χ1v) is 8.14. The van der Waals surface area contributed by atoms with Crippen LogP contribution in [-0.2, 0) is 19.5 Å². The number of nitrogens with zero attached hydrogens (tertiary/aromatic N) is 3. The fourth-order valence-corrected chi connectivity index (χ4v) is 3.17. The predicted molar refractivity (Wildman–Crippen MR) is 94.1 cm³/mol. The second-order valence-corrected chi connectivity index (χ2v) is 6.04. The molecule has 2 heterocycles. The summed E-state index contributed by atoms with van der Waals surface area (Å²) < 4.78 is 10.5. The average molecular weight is 353 g/mol. The number of aromatic nitrogens is 2. The van der Waals surface area contributed by atoms with E-state index in [-0.39, 0.29) is 12.4 Å². The Bertz CT molecular complexity index is 627. The smallest absolute Gasteiger partial charge is 0.240 e. The van der Waals surface area contributed by atoms with Gasteiger partial charge in [0, 0.05) is 0 Å². The van der Waals surface area contributed by atoms with Crippen LogP contribution in [0.5, 0.6) is 5.75 Å². The van der Waals surface area contributed by atoms with Gasteiger partial charge in [-0.15, -0.1) is 12.4 Å². The quantitative estimate of drug-likeness (QED) is 0.860. The van der Waals surface area contributed by atoms with Gasteiger partial charge in [0.15, 0.2) is 5.82 Å². The van der Waals surface area contributed by atoms with Gasteiger partial charge in [0.25, 0.3) is 0 Å². The fraction of sp³-hybridized carbons (Fsp3) is 0.529. The number of nitrogens with two attached hydrogens (primary N) is 1. The van der Waals surface area contributed by atoms with Crippen molar-refractivity contribution < 1.29 is 9.26 Å². The number of rotatable bonds is 6. The molecule has 0 radical (unpaired) electrons. The summed E-state index contributed by atoms with van der Waals surface area (Å²) in [6.07, 6.45) is 3.44. The molecule has 0 spiro atoms. The predicted octanol–water partition coefficient (Wildman–Crippen LogP) is 2.41. The Morgan fingerprint density at radius 2 is 2.04 bits per heavy atom. The van der Waals surface area contributed by atoms with Crippen LogP contribution in [0.15, 0.2) is 28.8 Å². The van der Waals surface area contributed by atoms with Crippen molar-refractivity contribution in [3.05, 3.63) is 41.5 Å². The van der Waals surface area contributed by atoms with Crippen LogP contribution in [-0.4, -0.2) is 35.2 Å². The lowest BCUT2D eigenvalue weighted by Crippen LogP contribution is -2.34. The van der Waals surface area contributed by atoms with Gasteiger partial charge in [0.05, 0.1) is 20.2 Å². The Kier molecular flexibility index (Phi) is 7.02. The number of halogens is 1. The summed E-state index contributed by atoms with van der Waals surface area (Å²) in [5, 5.41) is 3.97. The second kappa shape index (κ2) is 9.01. The number of likely N-dealkylation sites (tertiary alicyclic amines) is 1. The topological polar surface area (TPSA) is 77.4 Å². The van der Waals surface area contributed by atoms with Crippen LogP contribution in [0.4, 0.5) is 0 Å². The first-order chi connectivity index (χ1) is 11.3. The normalized spacial score (nSPS) is 15.9. The minimum absolute atomic E-state index is 0. The Hall–Kier alpha value is -1.63. The summed E-state index contributed by atoms with van der Waals surface area (Å²) in [7, 11) is 1.74. The molecule has 0 aliphatic carbocycles. The number of ether oxygens (including phenoxy) is 1. The molecule has 0 saturated carbocycles. The van der Waals surface area contributed by atoms with Crippen molar-refractivity contribution in [2.75, 3.05) is 20.2 Å². The summed E-state index contributed by atoms with van der Waals surface area (Å²) in [4.78, 5) is 6.65. The lowest BCUT2D eigenvalue weighted by atomic mass is 9.90. The molecule has 0 bridgehead atoms. The van der Waals surface area contributed by atoms with Gasteiger partial charge >= 0.3 is 0 Å². The van der Waals surface area contributed by atoms with E-state index < -0.39 is 0 Å². The molecule has 1 fully saturated rings. The van der Waals surface area contributed by atoms with Gasteiger partial charge in [-0.05, 0) is 49.9 Å². The molecule has 24 heavy (non-hydrogen) atoms. The molecule has 2 aromatic rings. The van der Waals surface area contributed by atoms with Crippen molar-refractivity contribution in [3.8, 4) is 5.75 Å². The van der Waals surface area contributed by atoms with Crippen LogP contribution >= 0.6 is 12.4 Å². The number of benzene rings is 1. The molecule has 2 N–H and O–H groups in total. The van der Waals surface area contributed by atoms with Crippen molar-refractivity contribution in [3.63, 3.8) is 0 Å². The van der Waals surface area contributed by atoms with Crippen LogP contribution in [0.2, 0.25) is 0 Å². The molecule has 1 saturated heterocycles. The van der Waals surface area contributed by atoms with E-state index in [1.165, 1.54) is 18.4 Å². The zero-order valence-corrected chi connectivity index (χ0v) is 14.8. The Morgan fingerprint density at radius 3 is 2.71 bits per heavy atom. The zero-order valence-electron chi connectivity index (χ0n) is 14.0. The van der Waals surface area contributed by atoms with Gasteiger partial charge in [-0.2, -0.15) is 4.98 Å². The van der Waals surface area contributed by atoms with Crippen molar-refractivity contribution in [2.45, 2.75) is 32.4 Å². The summed E-state index contributed by atoms with van der Waals surface area (Å²) in [6, 6.07) is 8.30. The van der Waals surface area contributed by atoms with Gasteiger partial charge < -0.3 is 15.0 Å².